The number of likely N-dealkylation sites (tertiary alicyclic amines) is 1. The van der Waals surface area contributed by atoms with Crippen molar-refractivity contribution in [2.75, 3.05) is 33.7 Å². The van der Waals surface area contributed by atoms with Crippen LogP contribution in [-0.2, 0) is 0 Å². The molecule has 14 heavy (non-hydrogen) atoms. The maximum absolute atomic E-state index is 12.5. The van der Waals surface area contributed by atoms with Crippen molar-refractivity contribution in [2.45, 2.75) is 5.92 Å². The smallest absolute Gasteiger partial charge is 0.272 e. The van der Waals surface area contributed by atoms with E-state index in [2.05, 4.69) is 0 Å². The van der Waals surface area contributed by atoms with Crippen molar-refractivity contribution in [3.8, 4) is 6.07 Å². The van der Waals surface area contributed by atoms with E-state index in [1.54, 1.807) is 30.1 Å². The lowest BCUT2D eigenvalue weighted by atomic mass is 10.1. The largest absolute Gasteiger partial charge is 0.383 e. The lowest BCUT2D eigenvalue weighted by Gasteiger charge is -2.38. The normalized spacial score (nSPS) is 21.2. The summed E-state index contributed by atoms with van der Waals surface area (Å²) < 4.78 is 24.9. The first kappa shape index (κ1) is 10.9. The molecule has 0 aromatic heterocycles. The molecule has 0 saturated carbocycles. The molecule has 1 aliphatic rings. The highest BCUT2D eigenvalue weighted by molar-refractivity contribution is 5.22. The second-order valence-corrected chi connectivity index (χ2v) is 3.73. The van der Waals surface area contributed by atoms with Gasteiger partial charge in [-0.05, 0) is 0 Å². The number of alkyl halides is 2. The molecule has 1 fully saturated rings. The first-order valence-electron chi connectivity index (χ1n) is 4.30. The van der Waals surface area contributed by atoms with E-state index in [0.29, 0.717) is 12.1 Å². The third-order valence-corrected chi connectivity index (χ3v) is 1.86. The van der Waals surface area contributed by atoms with Crippen molar-refractivity contribution in [3.05, 3.63) is 11.8 Å². The van der Waals surface area contributed by atoms with E-state index < -0.39 is 5.92 Å². The SMILES string of the molecule is CN(C)/C=C(\C#N)CN1CC(F)(F)C1. The molecule has 0 aromatic carbocycles. The number of hydrogen-bond acceptors (Lipinski definition) is 3. The fourth-order valence-electron chi connectivity index (χ4n) is 1.38. The molecule has 0 bridgehead atoms. The van der Waals surface area contributed by atoms with E-state index >= 15 is 0 Å². The zero-order chi connectivity index (χ0) is 10.8. The average Bonchev–Trinajstić information content (AvgIpc) is 1.98. The Balaban J connectivity index is 2.42. The zero-order valence-electron chi connectivity index (χ0n) is 8.30. The molecule has 0 N–H and O–H groups in total. The van der Waals surface area contributed by atoms with Crippen LogP contribution in [0.5, 0.6) is 0 Å². The van der Waals surface area contributed by atoms with E-state index in [1.165, 1.54) is 0 Å². The lowest BCUT2D eigenvalue weighted by molar-refractivity contribution is -0.126. The number of hydrogen-bond donors (Lipinski definition) is 0. The van der Waals surface area contributed by atoms with Gasteiger partial charge in [0, 0.05) is 26.8 Å². The Hall–Kier alpha value is -1.15. The molecule has 0 spiro atoms. The second-order valence-electron chi connectivity index (χ2n) is 3.73. The van der Waals surface area contributed by atoms with Crippen LogP contribution in [-0.4, -0.2) is 49.5 Å². The molecule has 0 unspecified atom stereocenters. The summed E-state index contributed by atoms with van der Waals surface area (Å²) in [4.78, 5) is 3.29. The van der Waals surface area contributed by atoms with Gasteiger partial charge in [0.2, 0.25) is 0 Å². The highest BCUT2D eigenvalue weighted by atomic mass is 19.3. The Labute approximate surface area is 82.2 Å². The number of nitriles is 1. The summed E-state index contributed by atoms with van der Waals surface area (Å²) in [5.74, 6) is -2.56. The molecule has 3 nitrogen and oxygen atoms in total. The molecule has 0 amide bonds. The van der Waals surface area contributed by atoms with E-state index in [1.807, 2.05) is 6.07 Å². The van der Waals surface area contributed by atoms with Gasteiger partial charge in [0.05, 0.1) is 24.7 Å². The summed E-state index contributed by atoms with van der Waals surface area (Å²) in [5.41, 5.74) is 0.505. The summed E-state index contributed by atoms with van der Waals surface area (Å²) >= 11 is 0. The molecule has 1 aliphatic heterocycles. The Morgan fingerprint density at radius 3 is 2.50 bits per heavy atom. The van der Waals surface area contributed by atoms with Gasteiger partial charge in [-0.25, -0.2) is 8.78 Å². The fourth-order valence-corrected chi connectivity index (χ4v) is 1.38. The standard InChI is InChI=1S/C9H13F2N3/c1-13(2)4-8(3-12)5-14-6-9(10,11)7-14/h4H,5-7H2,1-2H3/b8-4+. The average molecular weight is 201 g/mol. The summed E-state index contributed by atoms with van der Waals surface area (Å²) in [6.45, 7) is -0.164. The van der Waals surface area contributed by atoms with Crippen LogP contribution in [0.3, 0.4) is 0 Å². The lowest BCUT2D eigenvalue weighted by Crippen LogP contribution is -2.56. The van der Waals surface area contributed by atoms with E-state index in [4.69, 9.17) is 5.26 Å². The minimum absolute atomic E-state index is 0.237. The van der Waals surface area contributed by atoms with E-state index in [-0.39, 0.29) is 13.1 Å². The van der Waals surface area contributed by atoms with Gasteiger partial charge < -0.3 is 4.90 Å². The van der Waals surface area contributed by atoms with E-state index in [0.717, 1.165) is 0 Å². The van der Waals surface area contributed by atoms with Gasteiger partial charge in [-0.3, -0.25) is 4.90 Å². The Morgan fingerprint density at radius 2 is 2.14 bits per heavy atom. The summed E-state index contributed by atoms with van der Waals surface area (Å²) in [6.07, 6.45) is 1.65. The van der Waals surface area contributed by atoms with Gasteiger partial charge in [0.15, 0.2) is 0 Å². The second kappa shape index (κ2) is 3.93. The zero-order valence-corrected chi connectivity index (χ0v) is 8.30. The quantitative estimate of drug-likeness (QED) is 0.636. The number of rotatable bonds is 3. The van der Waals surface area contributed by atoms with Crippen LogP contribution in [0.4, 0.5) is 8.78 Å². The van der Waals surface area contributed by atoms with Crippen molar-refractivity contribution in [1.82, 2.24) is 9.80 Å². The predicted molar refractivity (Wildman–Crippen MR) is 48.8 cm³/mol. The molecule has 0 aliphatic carbocycles. The molecule has 1 saturated heterocycles. The molecule has 0 aromatic rings. The maximum Gasteiger partial charge on any atom is 0.272 e. The molecule has 0 radical (unpaired) electrons. The summed E-state index contributed by atoms with van der Waals surface area (Å²) in [6, 6.07) is 1.99. The van der Waals surface area contributed by atoms with Crippen LogP contribution < -0.4 is 0 Å². The Kier molecular flexibility index (Phi) is 3.06. The number of halogens is 2. The van der Waals surface area contributed by atoms with Crippen LogP contribution in [0, 0.1) is 11.3 Å². The van der Waals surface area contributed by atoms with Gasteiger partial charge in [0.25, 0.3) is 5.92 Å². The minimum Gasteiger partial charge on any atom is -0.383 e. The first-order chi connectivity index (χ1) is 6.43. The van der Waals surface area contributed by atoms with Crippen LogP contribution in [0.15, 0.2) is 11.8 Å². The molecule has 0 atom stereocenters. The molecule has 1 rings (SSSR count). The molecular weight excluding hydrogens is 188 g/mol. The predicted octanol–water partition coefficient (Wildman–Crippen LogP) is 0.906. The molecular formula is C9H13F2N3. The third kappa shape index (κ3) is 2.96. The molecule has 1 heterocycles. The Bertz CT molecular complexity index is 270. The highest BCUT2D eigenvalue weighted by Crippen LogP contribution is 2.26. The van der Waals surface area contributed by atoms with Gasteiger partial charge >= 0.3 is 0 Å². The van der Waals surface area contributed by atoms with Gasteiger partial charge in [-0.1, -0.05) is 0 Å². The van der Waals surface area contributed by atoms with Crippen molar-refractivity contribution < 1.29 is 8.78 Å². The minimum atomic E-state index is -2.56. The Morgan fingerprint density at radius 1 is 1.57 bits per heavy atom. The van der Waals surface area contributed by atoms with Crippen LogP contribution in [0.1, 0.15) is 0 Å². The fraction of sp³-hybridized carbons (Fsp3) is 0.667. The summed E-state index contributed by atoms with van der Waals surface area (Å²) in [5, 5.41) is 8.71. The van der Waals surface area contributed by atoms with Crippen molar-refractivity contribution >= 4 is 0 Å². The monoisotopic (exact) mass is 201 g/mol. The number of nitrogens with zero attached hydrogens (tertiary/aromatic N) is 3. The molecule has 78 valence electrons. The van der Waals surface area contributed by atoms with Crippen molar-refractivity contribution in [2.24, 2.45) is 0 Å². The van der Waals surface area contributed by atoms with Crippen LogP contribution in [0.2, 0.25) is 0 Å². The van der Waals surface area contributed by atoms with Gasteiger partial charge in [0.1, 0.15) is 0 Å². The summed E-state index contributed by atoms with van der Waals surface area (Å²) in [7, 11) is 3.59. The van der Waals surface area contributed by atoms with Crippen LogP contribution in [0.25, 0.3) is 0 Å². The van der Waals surface area contributed by atoms with Crippen LogP contribution >= 0.6 is 0 Å². The first-order valence-corrected chi connectivity index (χ1v) is 4.30. The highest BCUT2D eigenvalue weighted by Gasteiger charge is 2.43. The third-order valence-electron chi connectivity index (χ3n) is 1.86. The maximum atomic E-state index is 12.5. The van der Waals surface area contributed by atoms with Gasteiger partial charge in [-0.15, -0.1) is 0 Å². The van der Waals surface area contributed by atoms with Gasteiger partial charge in [-0.2, -0.15) is 5.26 Å². The van der Waals surface area contributed by atoms with Crippen molar-refractivity contribution in [3.63, 3.8) is 0 Å². The molecule has 5 heteroatoms. The topological polar surface area (TPSA) is 30.3 Å². The van der Waals surface area contributed by atoms with E-state index in [9.17, 15) is 8.78 Å². The van der Waals surface area contributed by atoms with Crippen molar-refractivity contribution in [1.29, 1.82) is 5.26 Å².